The molecule has 0 saturated heterocycles. The Morgan fingerprint density at radius 2 is 1.65 bits per heavy atom. The molecule has 0 bridgehead atoms. The van der Waals surface area contributed by atoms with Gasteiger partial charge in [0.15, 0.2) is 0 Å². The van der Waals surface area contributed by atoms with E-state index in [1.165, 1.54) is 6.07 Å². The fraction of sp³-hybridized carbons (Fsp3) is 0.150. The quantitative estimate of drug-likeness (QED) is 0.732. The number of anilines is 2. The summed E-state index contributed by atoms with van der Waals surface area (Å²) in [5.41, 5.74) is 4.55. The zero-order valence-corrected chi connectivity index (χ0v) is 15.5. The van der Waals surface area contributed by atoms with Gasteiger partial charge in [0.25, 0.3) is 15.9 Å². The van der Waals surface area contributed by atoms with E-state index in [0.717, 1.165) is 16.7 Å². The Hall–Kier alpha value is -2.86. The van der Waals surface area contributed by atoms with Crippen LogP contribution in [0.1, 0.15) is 27.0 Å². The molecular formula is C20H18N2O3S. The Balaban J connectivity index is 1.89. The summed E-state index contributed by atoms with van der Waals surface area (Å²) in [4.78, 5) is 12.2. The van der Waals surface area contributed by atoms with Crippen molar-refractivity contribution >= 4 is 38.1 Å². The van der Waals surface area contributed by atoms with Crippen molar-refractivity contribution in [2.45, 2.75) is 25.7 Å². The van der Waals surface area contributed by atoms with Crippen LogP contribution in [-0.4, -0.2) is 14.3 Å². The van der Waals surface area contributed by atoms with Gasteiger partial charge in [0.1, 0.15) is 0 Å². The lowest BCUT2D eigenvalue weighted by Gasteiger charge is -2.15. The van der Waals surface area contributed by atoms with Crippen LogP contribution in [0.3, 0.4) is 0 Å². The third kappa shape index (κ3) is 2.45. The molecule has 5 nitrogen and oxygen atoms in total. The number of benzene rings is 3. The first-order valence-electron chi connectivity index (χ1n) is 8.26. The largest absolute Gasteiger partial charge is 0.321 e. The van der Waals surface area contributed by atoms with Crippen molar-refractivity contribution in [3.8, 4) is 0 Å². The van der Waals surface area contributed by atoms with Crippen LogP contribution >= 0.6 is 0 Å². The molecule has 0 unspecified atom stereocenters. The molecule has 4 rings (SSSR count). The van der Waals surface area contributed by atoms with Gasteiger partial charge in [0, 0.05) is 22.0 Å². The predicted octanol–water partition coefficient (Wildman–Crippen LogP) is 4.13. The van der Waals surface area contributed by atoms with Crippen molar-refractivity contribution < 1.29 is 13.2 Å². The van der Waals surface area contributed by atoms with E-state index in [1.807, 2.05) is 32.9 Å². The highest BCUT2D eigenvalue weighted by atomic mass is 32.2. The van der Waals surface area contributed by atoms with Crippen molar-refractivity contribution in [1.82, 2.24) is 0 Å². The van der Waals surface area contributed by atoms with Gasteiger partial charge in [0.05, 0.1) is 10.6 Å². The smallest absolute Gasteiger partial charge is 0.262 e. The van der Waals surface area contributed by atoms with Crippen LogP contribution in [0.15, 0.2) is 47.4 Å². The van der Waals surface area contributed by atoms with E-state index in [0.29, 0.717) is 27.7 Å². The molecule has 0 spiro atoms. The first kappa shape index (κ1) is 16.6. The number of nitrogens with one attached hydrogen (secondary N) is 2. The van der Waals surface area contributed by atoms with E-state index >= 15 is 0 Å². The lowest BCUT2D eigenvalue weighted by molar-refractivity contribution is 0.103. The summed E-state index contributed by atoms with van der Waals surface area (Å²) in [6.07, 6.45) is 0. The summed E-state index contributed by atoms with van der Waals surface area (Å²) in [5, 5.41) is 3.96. The SMILES string of the molecule is Cc1cc(C)c(NS(=O)(=O)c2ccc3c4c(cccc24)C(=O)N3)c(C)c1. The Labute approximate surface area is 152 Å². The number of sulfonamides is 1. The molecule has 0 aromatic heterocycles. The number of hydrogen-bond donors (Lipinski definition) is 2. The number of rotatable bonds is 3. The minimum Gasteiger partial charge on any atom is -0.321 e. The summed E-state index contributed by atoms with van der Waals surface area (Å²) in [6, 6.07) is 12.2. The first-order valence-corrected chi connectivity index (χ1v) is 9.74. The Morgan fingerprint density at radius 3 is 2.35 bits per heavy atom. The second kappa shape index (κ2) is 5.57. The van der Waals surface area contributed by atoms with Crippen molar-refractivity contribution in [2.24, 2.45) is 0 Å². The van der Waals surface area contributed by atoms with Crippen LogP contribution in [-0.2, 0) is 10.0 Å². The normalized spacial score (nSPS) is 13.1. The predicted molar refractivity (Wildman–Crippen MR) is 103 cm³/mol. The number of carbonyl (C=O) groups is 1. The van der Waals surface area contributed by atoms with Gasteiger partial charge in [-0.05, 0) is 50.1 Å². The fourth-order valence-corrected chi connectivity index (χ4v) is 5.04. The monoisotopic (exact) mass is 366 g/mol. The summed E-state index contributed by atoms with van der Waals surface area (Å²) in [7, 11) is -3.81. The highest BCUT2D eigenvalue weighted by molar-refractivity contribution is 7.93. The molecule has 0 aliphatic carbocycles. The molecule has 0 radical (unpaired) electrons. The fourth-order valence-electron chi connectivity index (χ4n) is 3.63. The standard InChI is InChI=1S/C20H18N2O3S/c1-11-9-12(2)19(13(3)10-11)22-26(24,25)17-8-7-16-18-14(17)5-4-6-15(18)20(23)21-16/h4-10,22H,1-3H3,(H,21,23). The minimum absolute atomic E-state index is 0.161. The first-order chi connectivity index (χ1) is 12.3. The van der Waals surface area contributed by atoms with Crippen LogP contribution in [0, 0.1) is 20.8 Å². The Kier molecular flexibility index (Phi) is 3.56. The summed E-state index contributed by atoms with van der Waals surface area (Å²) < 4.78 is 29.0. The van der Waals surface area contributed by atoms with Gasteiger partial charge in [-0.2, -0.15) is 0 Å². The van der Waals surface area contributed by atoms with E-state index in [1.54, 1.807) is 24.3 Å². The van der Waals surface area contributed by atoms with E-state index < -0.39 is 10.0 Å². The van der Waals surface area contributed by atoms with Crippen LogP contribution in [0.2, 0.25) is 0 Å². The highest BCUT2D eigenvalue weighted by Gasteiger charge is 2.26. The van der Waals surface area contributed by atoms with Gasteiger partial charge < -0.3 is 5.32 Å². The third-order valence-corrected chi connectivity index (χ3v) is 6.10. The zero-order valence-electron chi connectivity index (χ0n) is 14.7. The van der Waals surface area contributed by atoms with Crippen LogP contribution in [0.4, 0.5) is 11.4 Å². The van der Waals surface area contributed by atoms with Crippen molar-refractivity contribution in [1.29, 1.82) is 0 Å². The molecule has 1 aliphatic rings. The number of carbonyl (C=O) groups excluding carboxylic acids is 1. The molecule has 3 aromatic carbocycles. The molecular weight excluding hydrogens is 348 g/mol. The van der Waals surface area contributed by atoms with Gasteiger partial charge in [-0.1, -0.05) is 29.8 Å². The molecule has 1 heterocycles. The van der Waals surface area contributed by atoms with Crippen LogP contribution < -0.4 is 10.0 Å². The van der Waals surface area contributed by atoms with Gasteiger partial charge in [0.2, 0.25) is 0 Å². The molecule has 26 heavy (non-hydrogen) atoms. The van der Waals surface area contributed by atoms with Crippen LogP contribution in [0.5, 0.6) is 0 Å². The van der Waals surface area contributed by atoms with Crippen LogP contribution in [0.25, 0.3) is 10.8 Å². The molecule has 0 atom stereocenters. The second-order valence-electron chi connectivity index (χ2n) is 6.67. The van der Waals surface area contributed by atoms with Gasteiger partial charge in [-0.15, -0.1) is 0 Å². The summed E-state index contributed by atoms with van der Waals surface area (Å²) in [6.45, 7) is 5.74. The average Bonchev–Trinajstić information content (AvgIpc) is 2.89. The van der Waals surface area contributed by atoms with E-state index in [4.69, 9.17) is 0 Å². The maximum Gasteiger partial charge on any atom is 0.262 e. The summed E-state index contributed by atoms with van der Waals surface area (Å²) in [5.74, 6) is -0.210. The molecule has 0 fully saturated rings. The molecule has 1 aliphatic heterocycles. The van der Waals surface area contributed by atoms with Gasteiger partial charge in [-0.3, -0.25) is 9.52 Å². The molecule has 3 aromatic rings. The topological polar surface area (TPSA) is 75.3 Å². The molecule has 1 amide bonds. The van der Waals surface area contributed by atoms with Gasteiger partial charge in [-0.25, -0.2) is 8.42 Å². The van der Waals surface area contributed by atoms with E-state index in [9.17, 15) is 13.2 Å². The lowest BCUT2D eigenvalue weighted by atomic mass is 10.1. The Morgan fingerprint density at radius 1 is 0.962 bits per heavy atom. The van der Waals surface area contributed by atoms with E-state index in [-0.39, 0.29) is 10.8 Å². The minimum atomic E-state index is -3.81. The van der Waals surface area contributed by atoms with Crippen molar-refractivity contribution in [2.75, 3.05) is 10.0 Å². The molecule has 2 N–H and O–H groups in total. The summed E-state index contributed by atoms with van der Waals surface area (Å²) >= 11 is 0. The van der Waals surface area contributed by atoms with Crippen molar-refractivity contribution in [3.05, 3.63) is 64.7 Å². The highest BCUT2D eigenvalue weighted by Crippen LogP contribution is 2.37. The second-order valence-corrected chi connectivity index (χ2v) is 8.32. The zero-order chi connectivity index (χ0) is 18.6. The number of hydrogen-bond acceptors (Lipinski definition) is 3. The Bertz CT molecular complexity index is 1170. The third-order valence-electron chi connectivity index (χ3n) is 4.70. The molecule has 6 heteroatoms. The molecule has 132 valence electrons. The maximum absolute atomic E-state index is 13.1. The van der Waals surface area contributed by atoms with Gasteiger partial charge >= 0.3 is 0 Å². The molecule has 0 saturated carbocycles. The maximum atomic E-state index is 13.1. The van der Waals surface area contributed by atoms with E-state index in [2.05, 4.69) is 10.0 Å². The number of amides is 1. The average molecular weight is 366 g/mol. The number of aryl methyl sites for hydroxylation is 3. The van der Waals surface area contributed by atoms with Crippen molar-refractivity contribution in [3.63, 3.8) is 0 Å². The lowest BCUT2D eigenvalue weighted by Crippen LogP contribution is -2.15.